The van der Waals surface area contributed by atoms with Gasteiger partial charge in [-0.15, -0.1) is 0 Å². The van der Waals surface area contributed by atoms with E-state index in [4.69, 9.17) is 4.74 Å². The maximum atomic E-state index is 13.3. The number of hydrogen-bond acceptors (Lipinski definition) is 3. The number of nitrogens with one attached hydrogen (secondary N) is 1. The van der Waals surface area contributed by atoms with E-state index in [-0.39, 0.29) is 17.0 Å². The van der Waals surface area contributed by atoms with Crippen LogP contribution in [-0.4, -0.2) is 15.7 Å². The second-order valence-corrected chi connectivity index (χ2v) is 9.26. The Morgan fingerprint density at radius 3 is 2.41 bits per heavy atom. The Labute approximate surface area is 197 Å². The predicted molar refractivity (Wildman–Crippen MR) is 127 cm³/mol. The number of amides is 1. The van der Waals surface area contributed by atoms with E-state index >= 15 is 0 Å². The number of aryl methyl sites for hydroxylation is 1. The van der Waals surface area contributed by atoms with Gasteiger partial charge >= 0.3 is 6.18 Å². The van der Waals surface area contributed by atoms with E-state index in [0.717, 1.165) is 28.4 Å². The molecule has 1 heterocycles. The van der Waals surface area contributed by atoms with Gasteiger partial charge in [-0.3, -0.25) is 9.48 Å². The van der Waals surface area contributed by atoms with Crippen molar-refractivity contribution in [1.82, 2.24) is 9.78 Å². The number of alkyl halides is 3. The summed E-state index contributed by atoms with van der Waals surface area (Å²) in [5.74, 6) is 0.350. The fraction of sp³-hybridized carbons (Fsp3) is 0.385. The highest BCUT2D eigenvalue weighted by Crippen LogP contribution is 2.40. The monoisotopic (exact) mass is 473 g/mol. The minimum atomic E-state index is -4.75. The van der Waals surface area contributed by atoms with Crippen molar-refractivity contribution in [1.29, 1.82) is 0 Å². The molecule has 0 saturated carbocycles. The summed E-state index contributed by atoms with van der Waals surface area (Å²) in [6.45, 7) is 10.5. The quantitative estimate of drug-likeness (QED) is 0.392. The zero-order chi connectivity index (χ0) is 25.3. The van der Waals surface area contributed by atoms with Gasteiger partial charge in [-0.2, -0.15) is 18.3 Å². The number of nitrogens with zero attached hydrogens (tertiary/aromatic N) is 2. The lowest BCUT2D eigenvalue weighted by Gasteiger charge is -2.27. The second-order valence-electron chi connectivity index (χ2n) is 9.26. The number of hydrogen-bond donors (Lipinski definition) is 1. The van der Waals surface area contributed by atoms with E-state index in [9.17, 15) is 18.0 Å². The van der Waals surface area contributed by atoms with E-state index in [2.05, 4.69) is 57.2 Å². The molecule has 0 saturated heterocycles. The zero-order valence-electron chi connectivity index (χ0n) is 20.2. The maximum Gasteiger partial charge on any atom is 0.435 e. The summed E-state index contributed by atoms with van der Waals surface area (Å²) in [5, 5.41) is 5.97. The van der Waals surface area contributed by atoms with E-state index < -0.39 is 23.3 Å². The standard InChI is InChI=1S/C26H30F3N3O2/c1-7-25(4,5)19-13-12-17(16(2)3)14-22(19)34-21-11-9-8-10-20(21)30-24(33)18-15-32(6)31-23(18)26(27,28)29/h8-16H,7H2,1-6H3,(H,30,33). The average molecular weight is 474 g/mol. The lowest BCUT2D eigenvalue weighted by atomic mass is 9.81. The van der Waals surface area contributed by atoms with E-state index in [1.807, 2.05) is 6.07 Å². The van der Waals surface area contributed by atoms with Crippen LogP contribution in [0.5, 0.6) is 11.5 Å². The molecule has 0 unspecified atom stereocenters. The Bertz CT molecular complexity index is 1180. The molecule has 3 rings (SSSR count). The van der Waals surface area contributed by atoms with Crippen LogP contribution < -0.4 is 10.1 Å². The van der Waals surface area contributed by atoms with Gasteiger partial charge in [0.15, 0.2) is 11.4 Å². The van der Waals surface area contributed by atoms with Crippen molar-refractivity contribution in [2.24, 2.45) is 7.05 Å². The summed E-state index contributed by atoms with van der Waals surface area (Å²) >= 11 is 0. The van der Waals surface area contributed by atoms with Crippen molar-refractivity contribution in [3.63, 3.8) is 0 Å². The first-order chi connectivity index (χ1) is 15.8. The zero-order valence-corrected chi connectivity index (χ0v) is 20.2. The predicted octanol–water partition coefficient (Wildman–Crippen LogP) is 7.29. The van der Waals surface area contributed by atoms with Gasteiger partial charge < -0.3 is 10.1 Å². The Morgan fingerprint density at radius 1 is 1.12 bits per heavy atom. The van der Waals surface area contributed by atoms with Crippen LogP contribution in [0.3, 0.4) is 0 Å². The first-order valence-corrected chi connectivity index (χ1v) is 11.2. The Balaban J connectivity index is 1.99. The largest absolute Gasteiger partial charge is 0.455 e. The number of anilines is 1. The Morgan fingerprint density at radius 2 is 1.79 bits per heavy atom. The third-order valence-electron chi connectivity index (χ3n) is 5.98. The van der Waals surface area contributed by atoms with Gasteiger partial charge in [-0.05, 0) is 41.5 Å². The van der Waals surface area contributed by atoms with Crippen LogP contribution in [0.4, 0.5) is 18.9 Å². The molecule has 0 spiro atoms. The molecule has 0 aliphatic carbocycles. The molecule has 1 amide bonds. The van der Waals surface area contributed by atoms with Crippen LogP contribution in [-0.2, 0) is 18.6 Å². The number of benzene rings is 2. The second kappa shape index (κ2) is 9.52. The lowest BCUT2D eigenvalue weighted by molar-refractivity contribution is -0.141. The van der Waals surface area contributed by atoms with Crippen molar-refractivity contribution in [2.45, 2.75) is 58.5 Å². The Kier molecular flexibility index (Phi) is 7.10. The van der Waals surface area contributed by atoms with Crippen molar-refractivity contribution < 1.29 is 22.7 Å². The maximum absolute atomic E-state index is 13.3. The number of rotatable bonds is 7. The van der Waals surface area contributed by atoms with Crippen LogP contribution in [0, 0.1) is 0 Å². The molecule has 3 aromatic rings. The summed E-state index contributed by atoms with van der Waals surface area (Å²) in [6.07, 6.45) is -2.82. The number of ether oxygens (including phenoxy) is 1. The number of para-hydroxylation sites is 2. The van der Waals surface area contributed by atoms with Gasteiger partial charge in [-0.25, -0.2) is 0 Å². The average Bonchev–Trinajstić information content (AvgIpc) is 3.17. The molecule has 0 bridgehead atoms. The molecular weight excluding hydrogens is 443 g/mol. The van der Waals surface area contributed by atoms with E-state index in [1.165, 1.54) is 7.05 Å². The number of carbonyl (C=O) groups excluding carboxylic acids is 1. The third kappa shape index (κ3) is 5.43. The number of carbonyl (C=O) groups is 1. The number of halogens is 3. The highest BCUT2D eigenvalue weighted by molar-refractivity contribution is 6.05. The summed E-state index contributed by atoms with van der Waals surface area (Å²) < 4.78 is 47.3. The molecule has 34 heavy (non-hydrogen) atoms. The van der Waals surface area contributed by atoms with Gasteiger partial charge in [0.25, 0.3) is 5.91 Å². The highest BCUT2D eigenvalue weighted by atomic mass is 19.4. The number of aromatic nitrogens is 2. The van der Waals surface area contributed by atoms with Gasteiger partial charge in [0.2, 0.25) is 0 Å². The summed E-state index contributed by atoms with van der Waals surface area (Å²) in [5.41, 5.74) is 0.409. The molecule has 5 nitrogen and oxygen atoms in total. The van der Waals surface area contributed by atoms with Crippen molar-refractivity contribution in [3.8, 4) is 11.5 Å². The molecular formula is C26H30F3N3O2. The van der Waals surface area contributed by atoms with Crippen LogP contribution in [0.1, 0.15) is 74.1 Å². The highest BCUT2D eigenvalue weighted by Gasteiger charge is 2.39. The molecule has 0 fully saturated rings. The van der Waals surface area contributed by atoms with Crippen molar-refractivity contribution in [2.75, 3.05) is 5.32 Å². The normalized spacial score (nSPS) is 12.2. The summed E-state index contributed by atoms with van der Waals surface area (Å²) in [6, 6.07) is 12.8. The molecule has 0 aliphatic rings. The summed E-state index contributed by atoms with van der Waals surface area (Å²) in [7, 11) is 1.34. The smallest absolute Gasteiger partial charge is 0.435 e. The minimum absolute atomic E-state index is 0.166. The molecule has 0 radical (unpaired) electrons. The van der Waals surface area contributed by atoms with E-state index in [1.54, 1.807) is 24.3 Å². The van der Waals surface area contributed by atoms with Crippen LogP contribution >= 0.6 is 0 Å². The Hall–Kier alpha value is -3.29. The molecule has 8 heteroatoms. The van der Waals surface area contributed by atoms with Crippen molar-refractivity contribution in [3.05, 3.63) is 71.0 Å². The van der Waals surface area contributed by atoms with E-state index in [0.29, 0.717) is 11.5 Å². The van der Waals surface area contributed by atoms with Gasteiger partial charge in [0, 0.05) is 18.8 Å². The molecule has 0 aliphatic heterocycles. The summed E-state index contributed by atoms with van der Waals surface area (Å²) in [4.78, 5) is 12.8. The third-order valence-corrected chi connectivity index (χ3v) is 5.98. The van der Waals surface area contributed by atoms with Crippen LogP contribution in [0.15, 0.2) is 48.7 Å². The topological polar surface area (TPSA) is 56.1 Å². The molecule has 1 N–H and O–H groups in total. The van der Waals surface area contributed by atoms with Crippen molar-refractivity contribution >= 4 is 11.6 Å². The van der Waals surface area contributed by atoms with Crippen LogP contribution in [0.2, 0.25) is 0 Å². The molecule has 1 aromatic heterocycles. The molecule has 2 aromatic carbocycles. The first-order valence-electron chi connectivity index (χ1n) is 11.2. The lowest BCUT2D eigenvalue weighted by Crippen LogP contribution is -2.18. The van der Waals surface area contributed by atoms with Gasteiger partial charge in [0.1, 0.15) is 5.75 Å². The molecule has 0 atom stereocenters. The van der Waals surface area contributed by atoms with Gasteiger partial charge in [0.05, 0.1) is 11.3 Å². The SMILES string of the molecule is CCC(C)(C)c1ccc(C(C)C)cc1Oc1ccccc1NC(=O)c1cn(C)nc1C(F)(F)F. The fourth-order valence-corrected chi connectivity index (χ4v) is 3.56. The minimum Gasteiger partial charge on any atom is -0.455 e. The van der Waals surface area contributed by atoms with Crippen LogP contribution in [0.25, 0.3) is 0 Å². The first kappa shape index (κ1) is 25.3. The molecule has 182 valence electrons. The fourth-order valence-electron chi connectivity index (χ4n) is 3.56. The van der Waals surface area contributed by atoms with Gasteiger partial charge in [-0.1, -0.05) is 58.9 Å².